The first-order chi connectivity index (χ1) is 16.9. The number of carbonyl (C=O) groups is 4. The third-order valence-electron chi connectivity index (χ3n) is 7.90. The zero-order valence-corrected chi connectivity index (χ0v) is 20.2. The number of Topliss-reactive ketones (excluding diaryl/α,β-unsaturated/α-hetero) is 2. The lowest BCUT2D eigenvalue weighted by Gasteiger charge is -2.53. The van der Waals surface area contributed by atoms with Crippen LogP contribution >= 0.6 is 0 Å². The second-order valence-corrected chi connectivity index (χ2v) is 9.96. The second-order valence-electron chi connectivity index (χ2n) is 9.96. The number of phenolic OH excluding ortho intramolecular Hbond substituents is 1. The molecule has 0 aromatic heterocycles. The lowest BCUT2D eigenvalue weighted by Crippen LogP contribution is -2.73. The van der Waals surface area contributed by atoms with Crippen LogP contribution in [0.1, 0.15) is 29.5 Å². The van der Waals surface area contributed by atoms with Gasteiger partial charge in [0.2, 0.25) is 11.7 Å². The van der Waals surface area contributed by atoms with Crippen LogP contribution in [0.3, 0.4) is 0 Å². The van der Waals surface area contributed by atoms with Gasteiger partial charge in [0.15, 0.2) is 11.4 Å². The van der Waals surface area contributed by atoms with Crippen molar-refractivity contribution in [1.82, 2.24) is 4.90 Å². The molecule has 1 aromatic rings. The smallest absolute Gasteiger partial charge is 0.305 e. The number of aliphatic hydroxyl groups is 3. The number of phenols is 1. The van der Waals surface area contributed by atoms with Gasteiger partial charge in [-0.25, -0.2) is 0 Å². The number of benzene rings is 1. The predicted octanol–water partition coefficient (Wildman–Crippen LogP) is -0.765. The molecule has 11 nitrogen and oxygen atoms in total. The van der Waals surface area contributed by atoms with E-state index in [0.29, 0.717) is 11.1 Å². The molecular weight excluding hydrogens is 472 g/mol. The van der Waals surface area contributed by atoms with Crippen molar-refractivity contribution in [3.63, 3.8) is 0 Å². The van der Waals surface area contributed by atoms with E-state index in [1.807, 2.05) is 0 Å². The molecule has 11 heteroatoms. The molecule has 194 valence electrons. The number of hydrogen-bond acceptors (Lipinski definition) is 10. The van der Waals surface area contributed by atoms with Crippen molar-refractivity contribution in [2.45, 2.75) is 43.4 Å². The van der Waals surface area contributed by atoms with Crippen molar-refractivity contribution in [1.29, 1.82) is 0 Å². The molecule has 0 spiro atoms. The standard InChI is InChI=1S/C25H30N2O9/c1-27(2)19-13-9-11-8-12-10(5-7-15(29)36-3)4-6-14(28)17(12)20(30)16(11)22(32)25(13,35)23(33)18(21(19)31)24(26)34/h4,6,11,13,18-19,21,28,30-31,35H,5,7-9H2,1-3H3,(H2,26,34)/t11-,13-,18?,19-,21?,25-/m1/s1. The second kappa shape index (κ2) is 8.99. The average molecular weight is 503 g/mol. The number of ketones is 2. The van der Waals surface area contributed by atoms with Gasteiger partial charge in [0, 0.05) is 24.0 Å². The average Bonchev–Trinajstić information content (AvgIpc) is 2.80. The van der Waals surface area contributed by atoms with Crippen LogP contribution in [0.25, 0.3) is 5.76 Å². The van der Waals surface area contributed by atoms with Gasteiger partial charge in [-0.15, -0.1) is 0 Å². The van der Waals surface area contributed by atoms with Gasteiger partial charge in [0.25, 0.3) is 0 Å². The number of likely N-dealkylation sites (N-methyl/N-ethyl adjacent to an activating group) is 1. The molecule has 0 aliphatic heterocycles. The van der Waals surface area contributed by atoms with Crippen LogP contribution < -0.4 is 5.73 Å². The number of ether oxygens (including phenoxy) is 1. The normalized spacial score (nSPS) is 31.6. The molecule has 6 N–H and O–H groups in total. The van der Waals surface area contributed by atoms with Crippen molar-refractivity contribution in [3.05, 3.63) is 34.4 Å². The fourth-order valence-corrected chi connectivity index (χ4v) is 6.24. The van der Waals surface area contributed by atoms with E-state index in [1.54, 1.807) is 20.2 Å². The first-order valence-electron chi connectivity index (χ1n) is 11.6. The SMILES string of the molecule is COC(=O)CCc1ccc(O)c2c1C[C@@H]1C[C@@H]3[C@@H](N(C)C)C(O)C(C(N)=O)C(=O)[C@]3(O)C(=O)C1=C2O. The van der Waals surface area contributed by atoms with Crippen LogP contribution in [0.2, 0.25) is 0 Å². The molecule has 0 radical (unpaired) electrons. The fourth-order valence-electron chi connectivity index (χ4n) is 6.24. The van der Waals surface area contributed by atoms with E-state index in [4.69, 9.17) is 10.5 Å². The molecule has 6 atom stereocenters. The Labute approximate surface area is 207 Å². The van der Waals surface area contributed by atoms with E-state index in [2.05, 4.69) is 0 Å². The number of rotatable bonds is 5. The number of aryl methyl sites for hydroxylation is 1. The van der Waals surface area contributed by atoms with Crippen LogP contribution in [0.4, 0.5) is 0 Å². The summed E-state index contributed by atoms with van der Waals surface area (Å²) in [5.74, 6) is -8.28. The Bertz CT molecular complexity index is 1190. The Morgan fingerprint density at radius 1 is 1.22 bits per heavy atom. The van der Waals surface area contributed by atoms with Gasteiger partial charge in [-0.3, -0.25) is 19.2 Å². The molecule has 1 aromatic carbocycles. The molecule has 1 amide bonds. The molecular formula is C25H30N2O9. The van der Waals surface area contributed by atoms with Crippen molar-refractivity contribution >= 4 is 29.2 Å². The maximum Gasteiger partial charge on any atom is 0.305 e. The zero-order valence-electron chi connectivity index (χ0n) is 20.2. The Hall–Kier alpha value is -3.28. The molecule has 2 fully saturated rings. The number of nitrogens with two attached hydrogens (primary N) is 1. The van der Waals surface area contributed by atoms with Crippen molar-refractivity contribution in [2.75, 3.05) is 21.2 Å². The summed E-state index contributed by atoms with van der Waals surface area (Å²) < 4.78 is 4.70. The summed E-state index contributed by atoms with van der Waals surface area (Å²) in [6.45, 7) is 0. The zero-order chi connectivity index (χ0) is 26.7. The summed E-state index contributed by atoms with van der Waals surface area (Å²) in [6, 6.07) is 2.01. The van der Waals surface area contributed by atoms with Crippen LogP contribution in [-0.4, -0.2) is 87.7 Å². The molecule has 0 heterocycles. The fraction of sp³-hybridized carbons (Fsp3) is 0.520. The molecule has 3 aliphatic rings. The molecule has 36 heavy (non-hydrogen) atoms. The third-order valence-corrected chi connectivity index (χ3v) is 7.90. The lowest BCUT2D eigenvalue weighted by molar-refractivity contribution is -0.184. The predicted molar refractivity (Wildman–Crippen MR) is 124 cm³/mol. The molecule has 0 bridgehead atoms. The first kappa shape index (κ1) is 25.8. The van der Waals surface area contributed by atoms with Crippen molar-refractivity contribution in [2.24, 2.45) is 23.5 Å². The highest BCUT2D eigenvalue weighted by Crippen LogP contribution is 2.52. The number of methoxy groups -OCH3 is 1. The van der Waals surface area contributed by atoms with Gasteiger partial charge in [-0.1, -0.05) is 6.07 Å². The monoisotopic (exact) mass is 502 g/mol. The van der Waals surface area contributed by atoms with Gasteiger partial charge in [0.1, 0.15) is 17.4 Å². The Morgan fingerprint density at radius 2 is 1.89 bits per heavy atom. The van der Waals surface area contributed by atoms with E-state index in [0.717, 1.165) is 0 Å². The number of aromatic hydroxyl groups is 1. The number of nitrogens with zero attached hydrogens (tertiary/aromatic N) is 1. The summed E-state index contributed by atoms with van der Waals surface area (Å²) >= 11 is 0. The van der Waals surface area contributed by atoms with Crippen LogP contribution in [-0.2, 0) is 36.8 Å². The summed E-state index contributed by atoms with van der Waals surface area (Å²) in [6.07, 6.45) is -0.998. The number of primary amides is 1. The largest absolute Gasteiger partial charge is 0.507 e. The van der Waals surface area contributed by atoms with Crippen LogP contribution in [0.15, 0.2) is 17.7 Å². The number of amides is 1. The number of aliphatic hydroxyl groups excluding tert-OH is 2. The number of carbonyl (C=O) groups excluding carboxylic acids is 4. The quantitative estimate of drug-likeness (QED) is 0.253. The van der Waals surface area contributed by atoms with Gasteiger partial charge < -0.3 is 35.8 Å². The molecule has 0 saturated heterocycles. The van der Waals surface area contributed by atoms with Gasteiger partial charge in [-0.05, 0) is 56.5 Å². The summed E-state index contributed by atoms with van der Waals surface area (Å²) in [4.78, 5) is 52.3. The minimum atomic E-state index is -2.69. The molecule has 2 saturated carbocycles. The highest BCUT2D eigenvalue weighted by atomic mass is 16.5. The van der Waals surface area contributed by atoms with E-state index in [-0.39, 0.29) is 42.6 Å². The molecule has 4 rings (SSSR count). The minimum Gasteiger partial charge on any atom is -0.507 e. The third kappa shape index (κ3) is 3.61. The summed E-state index contributed by atoms with van der Waals surface area (Å²) in [5.41, 5.74) is 3.67. The minimum absolute atomic E-state index is 0.00193. The highest BCUT2D eigenvalue weighted by molar-refractivity contribution is 6.25. The first-order valence-corrected chi connectivity index (χ1v) is 11.6. The Balaban J connectivity index is 1.86. The van der Waals surface area contributed by atoms with Crippen LogP contribution in [0.5, 0.6) is 5.75 Å². The van der Waals surface area contributed by atoms with Crippen molar-refractivity contribution < 1.29 is 44.3 Å². The van der Waals surface area contributed by atoms with Crippen LogP contribution in [0, 0.1) is 17.8 Å². The lowest BCUT2D eigenvalue weighted by atomic mass is 9.54. The Kier molecular flexibility index (Phi) is 6.44. The number of esters is 1. The maximum atomic E-state index is 13.8. The van der Waals surface area contributed by atoms with Gasteiger partial charge in [-0.2, -0.15) is 0 Å². The van der Waals surface area contributed by atoms with E-state index < -0.39 is 64.7 Å². The topological polar surface area (TPSA) is 188 Å². The maximum absolute atomic E-state index is 13.8. The summed E-state index contributed by atoms with van der Waals surface area (Å²) in [7, 11) is 4.46. The highest BCUT2D eigenvalue weighted by Gasteiger charge is 2.67. The Morgan fingerprint density at radius 3 is 2.47 bits per heavy atom. The number of hydrogen-bond donors (Lipinski definition) is 5. The summed E-state index contributed by atoms with van der Waals surface area (Å²) in [5, 5.41) is 44.2. The van der Waals surface area contributed by atoms with E-state index in [9.17, 15) is 39.6 Å². The van der Waals surface area contributed by atoms with Gasteiger partial charge in [0.05, 0.1) is 18.8 Å². The van der Waals surface area contributed by atoms with E-state index in [1.165, 1.54) is 18.1 Å². The van der Waals surface area contributed by atoms with Crippen molar-refractivity contribution in [3.8, 4) is 5.75 Å². The molecule has 3 aliphatic carbocycles. The number of fused-ring (bicyclic) bond motifs is 3. The van der Waals surface area contributed by atoms with Gasteiger partial charge >= 0.3 is 5.97 Å². The van der Waals surface area contributed by atoms with E-state index >= 15 is 0 Å². The molecule has 2 unspecified atom stereocenters.